The zero-order valence-corrected chi connectivity index (χ0v) is 11.7. The molecule has 0 spiro atoms. The van der Waals surface area contributed by atoms with E-state index < -0.39 is 0 Å². The zero-order chi connectivity index (χ0) is 13.2. The van der Waals surface area contributed by atoms with Crippen molar-refractivity contribution in [2.24, 2.45) is 5.92 Å². The van der Waals surface area contributed by atoms with Crippen LogP contribution in [0.4, 0.5) is 5.69 Å². The van der Waals surface area contributed by atoms with Gasteiger partial charge < -0.3 is 10.2 Å². The van der Waals surface area contributed by atoms with Gasteiger partial charge >= 0.3 is 0 Å². The third kappa shape index (κ3) is 2.73. The molecule has 2 atom stereocenters. The largest absolute Gasteiger partial charge is 0.382 e. The Balaban J connectivity index is 1.69. The fourth-order valence-corrected chi connectivity index (χ4v) is 3.03. The second-order valence-electron chi connectivity index (χ2n) is 5.77. The van der Waals surface area contributed by atoms with Gasteiger partial charge in [-0.05, 0) is 57.5 Å². The van der Waals surface area contributed by atoms with Crippen molar-refractivity contribution >= 4 is 16.6 Å². The molecule has 0 saturated carbocycles. The normalized spacial score (nSPS) is 22.5. The molecule has 0 amide bonds. The Morgan fingerprint density at radius 1 is 1.47 bits per heavy atom. The average Bonchev–Trinajstić information content (AvgIpc) is 2.86. The van der Waals surface area contributed by atoms with Crippen LogP contribution in [0.15, 0.2) is 24.4 Å². The molecule has 4 nitrogen and oxygen atoms in total. The molecule has 1 aromatic carbocycles. The fraction of sp³-hybridized carbons (Fsp3) is 0.533. The summed E-state index contributed by atoms with van der Waals surface area (Å²) in [5, 5.41) is 11.9. The van der Waals surface area contributed by atoms with Gasteiger partial charge in [-0.1, -0.05) is 0 Å². The molecule has 3 rings (SSSR count). The van der Waals surface area contributed by atoms with Gasteiger partial charge in [0.05, 0.1) is 11.7 Å². The van der Waals surface area contributed by atoms with E-state index in [1.807, 2.05) is 6.20 Å². The summed E-state index contributed by atoms with van der Waals surface area (Å²) in [7, 11) is 2.22. The molecule has 1 saturated heterocycles. The van der Waals surface area contributed by atoms with E-state index in [1.54, 1.807) is 0 Å². The SMILES string of the molecule is CC(Nc1ccc2[nH]ncc2c1)C1CCCN(C)C1. The van der Waals surface area contributed by atoms with Crippen LogP contribution in [0.25, 0.3) is 10.9 Å². The lowest BCUT2D eigenvalue weighted by molar-refractivity contribution is 0.197. The van der Waals surface area contributed by atoms with Crippen LogP contribution < -0.4 is 5.32 Å². The van der Waals surface area contributed by atoms with Crippen LogP contribution in [0.2, 0.25) is 0 Å². The molecular formula is C15H22N4. The molecule has 1 aliphatic rings. The first-order chi connectivity index (χ1) is 9.22. The molecule has 2 unspecified atom stereocenters. The molecule has 0 aliphatic carbocycles. The number of piperidine rings is 1. The average molecular weight is 258 g/mol. The van der Waals surface area contributed by atoms with Gasteiger partial charge in [-0.2, -0.15) is 5.10 Å². The van der Waals surface area contributed by atoms with E-state index in [1.165, 1.54) is 31.6 Å². The van der Waals surface area contributed by atoms with Gasteiger partial charge in [0, 0.05) is 23.7 Å². The number of nitrogens with one attached hydrogen (secondary N) is 2. The minimum atomic E-state index is 0.507. The number of hydrogen-bond donors (Lipinski definition) is 2. The Labute approximate surface area is 114 Å². The van der Waals surface area contributed by atoms with Crippen molar-refractivity contribution in [2.75, 3.05) is 25.5 Å². The molecule has 19 heavy (non-hydrogen) atoms. The molecule has 0 bridgehead atoms. The third-order valence-electron chi connectivity index (χ3n) is 4.20. The lowest BCUT2D eigenvalue weighted by atomic mass is 9.91. The van der Waals surface area contributed by atoms with Crippen LogP contribution in [-0.4, -0.2) is 41.3 Å². The molecule has 2 aromatic rings. The second-order valence-corrected chi connectivity index (χ2v) is 5.77. The highest BCUT2D eigenvalue weighted by atomic mass is 15.1. The number of hydrogen-bond acceptors (Lipinski definition) is 3. The van der Waals surface area contributed by atoms with Crippen LogP contribution in [0.3, 0.4) is 0 Å². The van der Waals surface area contributed by atoms with E-state index in [2.05, 4.69) is 52.6 Å². The summed E-state index contributed by atoms with van der Waals surface area (Å²) in [4.78, 5) is 2.44. The molecule has 0 radical (unpaired) electrons. The monoisotopic (exact) mass is 258 g/mol. The lowest BCUT2D eigenvalue weighted by Crippen LogP contribution is -2.39. The standard InChI is InChI=1S/C15H22N4/c1-11(12-4-3-7-19(2)10-12)17-14-5-6-15-13(8-14)9-16-18-15/h5-6,8-9,11-12,17H,3-4,7,10H2,1-2H3,(H,16,18). The van der Waals surface area contributed by atoms with Crippen molar-refractivity contribution in [1.82, 2.24) is 15.1 Å². The molecule has 1 aromatic heterocycles. The first kappa shape index (κ1) is 12.5. The molecule has 4 heteroatoms. The van der Waals surface area contributed by atoms with Gasteiger partial charge in [-0.3, -0.25) is 5.10 Å². The van der Waals surface area contributed by atoms with Crippen LogP contribution in [0, 0.1) is 5.92 Å². The maximum atomic E-state index is 4.06. The predicted octanol–water partition coefficient (Wildman–Crippen LogP) is 2.71. The summed E-state index contributed by atoms with van der Waals surface area (Å²) >= 11 is 0. The smallest absolute Gasteiger partial charge is 0.0651 e. The summed E-state index contributed by atoms with van der Waals surface area (Å²) in [5.41, 5.74) is 2.28. The van der Waals surface area contributed by atoms with Crippen molar-refractivity contribution in [2.45, 2.75) is 25.8 Å². The maximum Gasteiger partial charge on any atom is 0.0651 e. The Hall–Kier alpha value is -1.55. The minimum absolute atomic E-state index is 0.507. The van der Waals surface area contributed by atoms with Gasteiger partial charge in [0.15, 0.2) is 0 Å². The number of H-pyrrole nitrogens is 1. The third-order valence-corrected chi connectivity index (χ3v) is 4.20. The second kappa shape index (κ2) is 5.21. The molecule has 1 fully saturated rings. The Bertz CT molecular complexity index is 548. The van der Waals surface area contributed by atoms with Crippen molar-refractivity contribution in [3.63, 3.8) is 0 Å². The number of rotatable bonds is 3. The van der Waals surface area contributed by atoms with E-state index in [9.17, 15) is 0 Å². The molecular weight excluding hydrogens is 236 g/mol. The molecule has 1 aliphatic heterocycles. The summed E-state index contributed by atoms with van der Waals surface area (Å²) in [6.07, 6.45) is 4.51. The highest BCUT2D eigenvalue weighted by Gasteiger charge is 2.22. The number of benzene rings is 1. The van der Waals surface area contributed by atoms with Crippen LogP contribution in [0.1, 0.15) is 19.8 Å². The summed E-state index contributed by atoms with van der Waals surface area (Å²) < 4.78 is 0. The van der Waals surface area contributed by atoms with Gasteiger partial charge in [0.2, 0.25) is 0 Å². The fourth-order valence-electron chi connectivity index (χ4n) is 3.03. The maximum absolute atomic E-state index is 4.06. The highest BCUT2D eigenvalue weighted by Crippen LogP contribution is 2.23. The van der Waals surface area contributed by atoms with Crippen molar-refractivity contribution in [1.29, 1.82) is 0 Å². The van der Waals surface area contributed by atoms with E-state index >= 15 is 0 Å². The summed E-state index contributed by atoms with van der Waals surface area (Å²) in [5.74, 6) is 0.735. The van der Waals surface area contributed by atoms with Crippen LogP contribution in [0.5, 0.6) is 0 Å². The minimum Gasteiger partial charge on any atom is -0.382 e. The number of anilines is 1. The molecule has 2 N–H and O–H groups in total. The van der Waals surface area contributed by atoms with Gasteiger partial charge in [-0.25, -0.2) is 0 Å². The predicted molar refractivity (Wildman–Crippen MR) is 79.4 cm³/mol. The van der Waals surface area contributed by atoms with Crippen LogP contribution >= 0.6 is 0 Å². The summed E-state index contributed by atoms with van der Waals surface area (Å²) in [6, 6.07) is 6.89. The lowest BCUT2D eigenvalue weighted by Gasteiger charge is -2.34. The number of aromatic nitrogens is 2. The van der Waals surface area contributed by atoms with E-state index in [-0.39, 0.29) is 0 Å². The number of nitrogens with zero attached hydrogens (tertiary/aromatic N) is 2. The first-order valence-corrected chi connectivity index (χ1v) is 7.10. The highest BCUT2D eigenvalue weighted by molar-refractivity contribution is 5.81. The van der Waals surface area contributed by atoms with Gasteiger partial charge in [0.1, 0.15) is 0 Å². The zero-order valence-electron chi connectivity index (χ0n) is 11.7. The Kier molecular flexibility index (Phi) is 3.42. The number of fused-ring (bicyclic) bond motifs is 1. The van der Waals surface area contributed by atoms with Crippen LogP contribution in [-0.2, 0) is 0 Å². The van der Waals surface area contributed by atoms with Crippen molar-refractivity contribution in [3.05, 3.63) is 24.4 Å². The molecule has 2 heterocycles. The van der Waals surface area contributed by atoms with Gasteiger partial charge in [0.25, 0.3) is 0 Å². The Morgan fingerprint density at radius 3 is 3.21 bits per heavy atom. The van der Waals surface area contributed by atoms with Crippen molar-refractivity contribution < 1.29 is 0 Å². The number of aromatic amines is 1. The quantitative estimate of drug-likeness (QED) is 0.889. The topological polar surface area (TPSA) is 44.0 Å². The van der Waals surface area contributed by atoms with E-state index in [0.717, 1.165) is 16.8 Å². The van der Waals surface area contributed by atoms with E-state index in [0.29, 0.717) is 6.04 Å². The van der Waals surface area contributed by atoms with Gasteiger partial charge in [-0.15, -0.1) is 0 Å². The number of likely N-dealkylation sites (tertiary alicyclic amines) is 1. The van der Waals surface area contributed by atoms with Crippen molar-refractivity contribution in [3.8, 4) is 0 Å². The Morgan fingerprint density at radius 2 is 2.37 bits per heavy atom. The summed E-state index contributed by atoms with van der Waals surface area (Å²) in [6.45, 7) is 4.73. The first-order valence-electron chi connectivity index (χ1n) is 7.10. The molecule has 102 valence electrons. The van der Waals surface area contributed by atoms with E-state index in [4.69, 9.17) is 0 Å².